The van der Waals surface area contributed by atoms with E-state index in [2.05, 4.69) is 29.8 Å². The third-order valence-corrected chi connectivity index (χ3v) is 5.37. The molecular weight excluding hydrogens is 503 g/mol. The minimum Gasteiger partial charge on any atom is -0.333 e. The topological polar surface area (TPSA) is 99.0 Å². The van der Waals surface area contributed by atoms with Crippen LogP contribution < -0.4 is 17.0 Å². The van der Waals surface area contributed by atoms with Crippen LogP contribution in [0.25, 0.3) is 5.70 Å². The summed E-state index contributed by atoms with van der Waals surface area (Å²) in [5.41, 5.74) is 7.75. The molecule has 1 aromatic heterocycles. The Labute approximate surface area is 224 Å². The summed E-state index contributed by atoms with van der Waals surface area (Å²) < 4.78 is 38.9. The summed E-state index contributed by atoms with van der Waals surface area (Å²) in [6.07, 6.45) is 8.82. The number of carbonyl (C=O) groups is 1. The van der Waals surface area contributed by atoms with E-state index >= 15 is 0 Å². The Bertz CT molecular complexity index is 927. The van der Waals surface area contributed by atoms with Crippen LogP contribution in [0.1, 0.15) is 80.9 Å². The Kier molecular flexibility index (Phi) is 20.2. The zero-order chi connectivity index (χ0) is 27.6. The first-order chi connectivity index (χ1) is 17.1. The fourth-order valence-electron chi connectivity index (χ4n) is 3.24. The third-order valence-electron chi connectivity index (χ3n) is 5.13. The number of halogens is 4. The summed E-state index contributed by atoms with van der Waals surface area (Å²) in [4.78, 5) is 10.3. The monoisotopic (exact) mass is 545 g/mol. The summed E-state index contributed by atoms with van der Waals surface area (Å²) in [5.74, 6) is 5.25. The predicted molar refractivity (Wildman–Crippen MR) is 149 cm³/mol. The van der Waals surface area contributed by atoms with E-state index in [-0.39, 0.29) is 13.1 Å². The third kappa shape index (κ3) is 14.6. The molecule has 1 aliphatic carbocycles. The van der Waals surface area contributed by atoms with Gasteiger partial charge in [-0.3, -0.25) is 15.3 Å². The Morgan fingerprint density at radius 2 is 1.70 bits per heavy atom. The molecule has 3 rings (SSSR count). The zero-order valence-corrected chi connectivity index (χ0v) is 22.1. The van der Waals surface area contributed by atoms with Gasteiger partial charge in [0.2, 0.25) is 0 Å². The van der Waals surface area contributed by atoms with Crippen molar-refractivity contribution in [2.45, 2.75) is 78.9 Å². The predicted octanol–water partition coefficient (Wildman–Crippen LogP) is 7.23. The molecule has 1 fully saturated rings. The molecule has 1 saturated carbocycles. The standard InChI is InChI=1S/C12H12ClF3N2.C7H10N2O.C6H12.CH5N.CH4/c1-7-3-4-9(13)6-10(7)11(18-17)5-8(2)12(14,15)16;1-2-5-9-7(6-10)3-4-8-9;1-2-4-6-5-3-1;1-2;/h3-6,18H,2,17H2,1H3;3-4,6H,2,5H2,1H3;1-6H2;2H2,1H3;1H4/b11-5+;;;;. The van der Waals surface area contributed by atoms with Crippen LogP contribution in [0.5, 0.6) is 0 Å². The maximum atomic E-state index is 12.4. The van der Waals surface area contributed by atoms with Crippen molar-refractivity contribution in [2.75, 3.05) is 7.05 Å². The van der Waals surface area contributed by atoms with Crippen LogP contribution in [0.3, 0.4) is 0 Å². The number of hydrogen-bond acceptors (Lipinski definition) is 5. The lowest BCUT2D eigenvalue weighted by Gasteiger charge is -2.13. The van der Waals surface area contributed by atoms with E-state index < -0.39 is 11.7 Å². The number of hydrogen-bond donors (Lipinski definition) is 3. The summed E-state index contributed by atoms with van der Waals surface area (Å²) in [5, 5.41) is 4.37. The molecule has 1 aliphatic rings. The van der Waals surface area contributed by atoms with E-state index in [9.17, 15) is 18.0 Å². The van der Waals surface area contributed by atoms with Gasteiger partial charge in [0.05, 0.1) is 11.3 Å². The van der Waals surface area contributed by atoms with Gasteiger partial charge < -0.3 is 11.2 Å². The van der Waals surface area contributed by atoms with Gasteiger partial charge in [0.25, 0.3) is 0 Å². The molecule has 6 nitrogen and oxygen atoms in total. The summed E-state index contributed by atoms with van der Waals surface area (Å²) >= 11 is 5.80. The second kappa shape index (κ2) is 20.4. The lowest BCUT2D eigenvalue weighted by molar-refractivity contribution is -0.0877. The van der Waals surface area contributed by atoms with Crippen molar-refractivity contribution < 1.29 is 18.0 Å². The molecule has 0 aliphatic heterocycles. The first kappa shape index (κ1) is 36.5. The Hall–Kier alpha value is -2.62. The number of nitrogens with two attached hydrogens (primary N) is 2. The van der Waals surface area contributed by atoms with E-state index in [4.69, 9.17) is 17.4 Å². The molecule has 210 valence electrons. The van der Waals surface area contributed by atoms with Gasteiger partial charge in [-0.1, -0.05) is 77.1 Å². The summed E-state index contributed by atoms with van der Waals surface area (Å²) in [7, 11) is 1.50. The Balaban J connectivity index is 0. The molecule has 5 N–H and O–H groups in total. The lowest BCUT2D eigenvalue weighted by atomic mass is 10.0. The first-order valence-corrected chi connectivity index (χ1v) is 12.3. The number of carbonyl (C=O) groups excluding carboxylic acids is 1. The molecule has 0 saturated heterocycles. The number of aromatic nitrogens is 2. The molecule has 0 unspecified atom stereocenters. The van der Waals surface area contributed by atoms with Crippen molar-refractivity contribution >= 4 is 23.6 Å². The highest BCUT2D eigenvalue weighted by Gasteiger charge is 2.30. The van der Waals surface area contributed by atoms with Crippen LogP contribution in [-0.2, 0) is 6.54 Å². The second-order valence-corrected chi connectivity index (χ2v) is 8.34. The molecule has 0 spiro atoms. The highest BCUT2D eigenvalue weighted by Crippen LogP contribution is 2.28. The highest BCUT2D eigenvalue weighted by atomic mass is 35.5. The zero-order valence-electron chi connectivity index (χ0n) is 21.4. The summed E-state index contributed by atoms with van der Waals surface area (Å²) in [6.45, 7) is 7.58. The van der Waals surface area contributed by atoms with E-state index in [1.807, 2.05) is 0 Å². The number of nitrogens with one attached hydrogen (secondary N) is 1. The van der Waals surface area contributed by atoms with E-state index in [1.54, 1.807) is 36.0 Å². The molecule has 2 aromatic rings. The fourth-order valence-corrected chi connectivity index (χ4v) is 3.41. The molecule has 10 heteroatoms. The van der Waals surface area contributed by atoms with Gasteiger partial charge >= 0.3 is 6.18 Å². The quantitative estimate of drug-likeness (QED) is 0.154. The Morgan fingerprint density at radius 3 is 2.14 bits per heavy atom. The van der Waals surface area contributed by atoms with Crippen LogP contribution >= 0.6 is 11.6 Å². The normalized spacial score (nSPS) is 12.7. The van der Waals surface area contributed by atoms with E-state index in [0.29, 0.717) is 16.3 Å². The Morgan fingerprint density at radius 1 is 1.16 bits per heavy atom. The van der Waals surface area contributed by atoms with Gasteiger partial charge in [-0.15, -0.1) is 0 Å². The highest BCUT2D eigenvalue weighted by molar-refractivity contribution is 6.30. The number of allylic oxidation sites excluding steroid dienone is 2. The van der Waals surface area contributed by atoms with Crippen LogP contribution in [0.4, 0.5) is 13.2 Å². The van der Waals surface area contributed by atoms with Gasteiger partial charge in [-0.05, 0) is 50.2 Å². The summed E-state index contributed by atoms with van der Waals surface area (Å²) in [6, 6.07) is 6.58. The SMILES string of the molecule is C.C1CCCCC1.C=C(/C=C(/NN)c1cc(Cl)ccc1C)C(F)(F)F.CCCn1nccc1C=O.CN. The maximum Gasteiger partial charge on any atom is 0.415 e. The average Bonchev–Trinajstić information content (AvgIpc) is 3.34. The van der Waals surface area contributed by atoms with Crippen molar-refractivity contribution in [3.8, 4) is 0 Å². The number of benzene rings is 1. The smallest absolute Gasteiger partial charge is 0.333 e. The van der Waals surface area contributed by atoms with Crippen molar-refractivity contribution in [3.05, 3.63) is 70.5 Å². The lowest BCUT2D eigenvalue weighted by Crippen LogP contribution is -2.22. The van der Waals surface area contributed by atoms with Crippen LogP contribution in [0.15, 0.2) is 48.7 Å². The van der Waals surface area contributed by atoms with Gasteiger partial charge in [0, 0.05) is 23.3 Å². The molecule has 37 heavy (non-hydrogen) atoms. The van der Waals surface area contributed by atoms with Crippen molar-refractivity contribution in [3.63, 3.8) is 0 Å². The van der Waals surface area contributed by atoms with Crippen molar-refractivity contribution in [1.82, 2.24) is 15.2 Å². The van der Waals surface area contributed by atoms with Gasteiger partial charge in [-0.2, -0.15) is 18.3 Å². The molecule has 1 aromatic carbocycles. The number of rotatable bonds is 6. The number of alkyl halides is 3. The molecule has 0 bridgehead atoms. The number of nitrogens with zero attached hydrogens (tertiary/aromatic N) is 2. The molecular formula is C27H43ClF3N5O. The van der Waals surface area contributed by atoms with Crippen molar-refractivity contribution in [2.24, 2.45) is 11.6 Å². The largest absolute Gasteiger partial charge is 0.415 e. The maximum absolute atomic E-state index is 12.4. The minimum absolute atomic E-state index is 0. The van der Waals surface area contributed by atoms with Crippen LogP contribution in [0.2, 0.25) is 5.02 Å². The number of aryl methyl sites for hydroxylation is 2. The van der Waals surface area contributed by atoms with Crippen LogP contribution in [-0.4, -0.2) is 29.3 Å². The molecule has 0 radical (unpaired) electrons. The second-order valence-electron chi connectivity index (χ2n) is 7.90. The van der Waals surface area contributed by atoms with Gasteiger partial charge in [-0.25, -0.2) is 0 Å². The van der Waals surface area contributed by atoms with Crippen molar-refractivity contribution in [1.29, 1.82) is 0 Å². The van der Waals surface area contributed by atoms with Crippen LogP contribution in [0, 0.1) is 6.92 Å². The first-order valence-electron chi connectivity index (χ1n) is 11.9. The van der Waals surface area contributed by atoms with E-state index in [1.165, 1.54) is 51.6 Å². The number of hydrazine groups is 1. The van der Waals surface area contributed by atoms with Gasteiger partial charge in [0.15, 0.2) is 6.29 Å². The van der Waals surface area contributed by atoms with E-state index in [0.717, 1.165) is 30.9 Å². The molecule has 1 heterocycles. The number of aldehydes is 1. The molecule has 0 atom stereocenters. The van der Waals surface area contributed by atoms with Gasteiger partial charge in [0.1, 0.15) is 5.69 Å². The molecule has 0 amide bonds. The fraction of sp³-hybridized carbons (Fsp3) is 0.481. The minimum atomic E-state index is -4.49. The average molecular weight is 546 g/mol.